The molecule has 5 nitrogen and oxygen atoms in total. The maximum absolute atomic E-state index is 12.4. The van der Waals surface area contributed by atoms with Gasteiger partial charge in [-0.25, -0.2) is 4.90 Å². The van der Waals surface area contributed by atoms with Gasteiger partial charge >= 0.3 is 0 Å². The zero-order valence-corrected chi connectivity index (χ0v) is 11.5. The number of carbonyl (C=O) groups is 2. The zero-order valence-electron chi connectivity index (χ0n) is 11.5. The van der Waals surface area contributed by atoms with Crippen LogP contribution < -0.4 is 16.0 Å². The van der Waals surface area contributed by atoms with Gasteiger partial charge < -0.3 is 11.1 Å². The molecule has 1 heterocycles. The molecule has 0 unspecified atom stereocenters. The van der Waals surface area contributed by atoms with E-state index < -0.39 is 5.41 Å². The van der Waals surface area contributed by atoms with Gasteiger partial charge in [0.1, 0.15) is 0 Å². The Morgan fingerprint density at radius 3 is 2.74 bits per heavy atom. The van der Waals surface area contributed by atoms with Gasteiger partial charge in [0.05, 0.1) is 17.5 Å². The topological polar surface area (TPSA) is 75.4 Å². The summed E-state index contributed by atoms with van der Waals surface area (Å²) in [5.74, 6) is -0.425. The lowest BCUT2D eigenvalue weighted by molar-refractivity contribution is -0.130. The van der Waals surface area contributed by atoms with E-state index in [9.17, 15) is 9.59 Å². The molecule has 1 aromatic carbocycles. The highest BCUT2D eigenvalue weighted by Crippen LogP contribution is 2.34. The second kappa shape index (κ2) is 4.66. The molecule has 0 spiro atoms. The largest absolute Gasteiger partial charge is 0.388 e. The number of amides is 2. The van der Waals surface area contributed by atoms with Crippen LogP contribution in [0.25, 0.3) is 0 Å². The second-order valence-electron chi connectivity index (χ2n) is 5.39. The van der Waals surface area contributed by atoms with Crippen LogP contribution in [0.1, 0.15) is 19.4 Å². The molecular weight excluding hydrogens is 242 g/mol. The highest BCUT2D eigenvalue weighted by atomic mass is 16.2. The molecule has 0 saturated heterocycles. The number of nitrogens with two attached hydrogens (primary N) is 1. The van der Waals surface area contributed by atoms with E-state index in [0.29, 0.717) is 5.69 Å². The SMILES string of the molecule is CNc1ccc2c(c1)CC(=O)N2C(=O)C(C)(C)CN. The van der Waals surface area contributed by atoms with Crippen LogP contribution >= 0.6 is 0 Å². The molecule has 0 aromatic heterocycles. The van der Waals surface area contributed by atoms with E-state index in [1.165, 1.54) is 4.90 Å². The summed E-state index contributed by atoms with van der Waals surface area (Å²) in [5, 5.41) is 3.02. The van der Waals surface area contributed by atoms with E-state index >= 15 is 0 Å². The Hall–Kier alpha value is -1.88. The van der Waals surface area contributed by atoms with Crippen LogP contribution in [-0.2, 0) is 16.0 Å². The van der Waals surface area contributed by atoms with E-state index in [4.69, 9.17) is 5.73 Å². The molecule has 0 radical (unpaired) electrons. The van der Waals surface area contributed by atoms with Crippen molar-refractivity contribution in [3.05, 3.63) is 23.8 Å². The van der Waals surface area contributed by atoms with Crippen molar-refractivity contribution in [3.63, 3.8) is 0 Å². The number of hydrogen-bond acceptors (Lipinski definition) is 4. The number of nitrogens with zero attached hydrogens (tertiary/aromatic N) is 1. The lowest BCUT2D eigenvalue weighted by Crippen LogP contribution is -2.46. The van der Waals surface area contributed by atoms with Crippen LogP contribution in [0.2, 0.25) is 0 Å². The van der Waals surface area contributed by atoms with Crippen molar-refractivity contribution in [2.45, 2.75) is 20.3 Å². The Morgan fingerprint density at radius 1 is 1.47 bits per heavy atom. The molecule has 0 aliphatic carbocycles. The van der Waals surface area contributed by atoms with Crippen molar-refractivity contribution >= 4 is 23.2 Å². The van der Waals surface area contributed by atoms with Gasteiger partial charge in [-0.05, 0) is 37.6 Å². The Kier molecular flexibility index (Phi) is 3.32. The number of hydrogen-bond donors (Lipinski definition) is 2. The maximum Gasteiger partial charge on any atom is 0.240 e. The Morgan fingerprint density at radius 2 is 2.16 bits per heavy atom. The maximum atomic E-state index is 12.4. The molecule has 1 aliphatic heterocycles. The van der Waals surface area contributed by atoms with Crippen LogP contribution in [0.4, 0.5) is 11.4 Å². The molecule has 19 heavy (non-hydrogen) atoms. The number of nitrogens with one attached hydrogen (secondary N) is 1. The van der Waals surface area contributed by atoms with Crippen LogP contribution in [0.15, 0.2) is 18.2 Å². The van der Waals surface area contributed by atoms with Crippen molar-refractivity contribution in [3.8, 4) is 0 Å². The van der Waals surface area contributed by atoms with Gasteiger partial charge in [0, 0.05) is 19.3 Å². The molecule has 2 rings (SSSR count). The fraction of sp³-hybridized carbons (Fsp3) is 0.429. The molecule has 102 valence electrons. The first-order valence-electron chi connectivity index (χ1n) is 6.29. The van der Waals surface area contributed by atoms with Gasteiger partial charge in [-0.3, -0.25) is 9.59 Å². The molecule has 3 N–H and O–H groups in total. The summed E-state index contributed by atoms with van der Waals surface area (Å²) in [5.41, 5.74) is 7.36. The summed E-state index contributed by atoms with van der Waals surface area (Å²) in [6, 6.07) is 5.56. The van der Waals surface area contributed by atoms with Crippen LogP contribution in [0.3, 0.4) is 0 Å². The van der Waals surface area contributed by atoms with E-state index in [2.05, 4.69) is 5.32 Å². The van der Waals surface area contributed by atoms with Gasteiger partial charge in [0.25, 0.3) is 0 Å². The summed E-state index contributed by atoms with van der Waals surface area (Å²) >= 11 is 0. The number of carbonyl (C=O) groups excluding carboxylic acids is 2. The molecule has 1 aromatic rings. The summed E-state index contributed by atoms with van der Waals surface area (Å²) in [6.07, 6.45) is 0.261. The zero-order chi connectivity index (χ0) is 14.2. The number of benzene rings is 1. The van der Waals surface area contributed by atoms with Crippen molar-refractivity contribution in [2.75, 3.05) is 23.8 Å². The molecule has 1 aliphatic rings. The first kappa shape index (κ1) is 13.5. The highest BCUT2D eigenvalue weighted by Gasteiger charge is 2.39. The molecule has 0 fully saturated rings. The third kappa shape index (κ3) is 2.21. The van der Waals surface area contributed by atoms with Crippen molar-refractivity contribution in [2.24, 2.45) is 11.1 Å². The summed E-state index contributed by atoms with van der Waals surface area (Å²) < 4.78 is 0. The third-order valence-corrected chi connectivity index (χ3v) is 3.49. The molecule has 2 amide bonds. The predicted molar refractivity (Wildman–Crippen MR) is 75.0 cm³/mol. The Bertz CT molecular complexity index is 537. The minimum atomic E-state index is -0.737. The molecular formula is C14H19N3O2. The molecule has 0 atom stereocenters. The van der Waals surface area contributed by atoms with Crippen LogP contribution in [0, 0.1) is 5.41 Å². The third-order valence-electron chi connectivity index (χ3n) is 3.49. The molecule has 5 heteroatoms. The minimum Gasteiger partial charge on any atom is -0.388 e. The number of fused-ring (bicyclic) bond motifs is 1. The van der Waals surface area contributed by atoms with Gasteiger partial charge in [-0.2, -0.15) is 0 Å². The van der Waals surface area contributed by atoms with Gasteiger partial charge in [-0.1, -0.05) is 0 Å². The fourth-order valence-electron chi connectivity index (χ4n) is 2.09. The smallest absolute Gasteiger partial charge is 0.240 e. The van der Waals surface area contributed by atoms with Gasteiger partial charge in [0.2, 0.25) is 11.8 Å². The minimum absolute atomic E-state index is 0.185. The van der Waals surface area contributed by atoms with Crippen molar-refractivity contribution in [1.82, 2.24) is 0 Å². The van der Waals surface area contributed by atoms with E-state index in [0.717, 1.165) is 11.3 Å². The van der Waals surface area contributed by atoms with E-state index in [-0.39, 0.29) is 24.8 Å². The number of rotatable bonds is 3. The standard InChI is InChI=1S/C14H19N3O2/c1-14(2,8-15)13(19)17-11-5-4-10(16-3)6-9(11)7-12(17)18/h4-6,16H,7-8,15H2,1-3H3. The second-order valence-corrected chi connectivity index (χ2v) is 5.39. The lowest BCUT2D eigenvalue weighted by Gasteiger charge is -2.27. The average molecular weight is 261 g/mol. The Balaban J connectivity index is 2.41. The van der Waals surface area contributed by atoms with Crippen LogP contribution in [-0.4, -0.2) is 25.4 Å². The summed E-state index contributed by atoms with van der Waals surface area (Å²) in [7, 11) is 1.82. The van der Waals surface area contributed by atoms with Gasteiger partial charge in [0.15, 0.2) is 0 Å². The average Bonchev–Trinajstić information content (AvgIpc) is 2.72. The highest BCUT2D eigenvalue weighted by molar-refractivity contribution is 6.20. The number of imide groups is 1. The first-order chi connectivity index (χ1) is 8.90. The number of anilines is 2. The first-order valence-corrected chi connectivity index (χ1v) is 6.29. The van der Waals surface area contributed by atoms with E-state index in [1.807, 2.05) is 19.2 Å². The van der Waals surface area contributed by atoms with Crippen molar-refractivity contribution in [1.29, 1.82) is 0 Å². The normalized spacial score (nSPS) is 14.5. The van der Waals surface area contributed by atoms with Crippen LogP contribution in [0.5, 0.6) is 0 Å². The van der Waals surface area contributed by atoms with E-state index in [1.54, 1.807) is 19.9 Å². The lowest BCUT2D eigenvalue weighted by atomic mass is 9.92. The van der Waals surface area contributed by atoms with Crippen molar-refractivity contribution < 1.29 is 9.59 Å². The predicted octanol–water partition coefficient (Wildman–Crippen LogP) is 1.13. The quantitative estimate of drug-likeness (QED) is 0.855. The summed E-state index contributed by atoms with van der Waals surface area (Å²) in [4.78, 5) is 25.8. The monoisotopic (exact) mass is 261 g/mol. The summed E-state index contributed by atoms with van der Waals surface area (Å²) in [6.45, 7) is 3.71. The fourth-order valence-corrected chi connectivity index (χ4v) is 2.09. The molecule has 0 saturated carbocycles. The Labute approximate surface area is 112 Å². The molecule has 0 bridgehead atoms. The van der Waals surface area contributed by atoms with Gasteiger partial charge in [-0.15, -0.1) is 0 Å².